The van der Waals surface area contributed by atoms with Crippen LogP contribution in [0, 0.1) is 6.92 Å². The molecule has 0 radical (unpaired) electrons. The number of nitrogen functional groups attached to an aromatic ring is 1. The van der Waals surface area contributed by atoms with Gasteiger partial charge in [0.05, 0.1) is 6.54 Å². The second-order valence-corrected chi connectivity index (χ2v) is 4.39. The van der Waals surface area contributed by atoms with Gasteiger partial charge in [-0.05, 0) is 24.6 Å². The molecule has 2 N–H and O–H groups in total. The minimum absolute atomic E-state index is 0.505. The van der Waals surface area contributed by atoms with Crippen molar-refractivity contribution in [3.8, 4) is 0 Å². The van der Waals surface area contributed by atoms with Crippen LogP contribution in [0.1, 0.15) is 11.1 Å². The van der Waals surface area contributed by atoms with Crippen molar-refractivity contribution >= 4 is 17.1 Å². The van der Waals surface area contributed by atoms with Crippen molar-refractivity contribution in [2.75, 3.05) is 5.73 Å². The van der Waals surface area contributed by atoms with Gasteiger partial charge >= 0.3 is 0 Å². The number of benzene rings is 1. The first-order chi connectivity index (χ1) is 8.74. The minimum atomic E-state index is 0.505. The Kier molecular flexibility index (Phi) is 2.48. The number of rotatable bonds is 2. The smallest absolute Gasteiger partial charge is 0.202 e. The van der Waals surface area contributed by atoms with Crippen LogP contribution in [0.15, 0.2) is 42.6 Å². The SMILES string of the molecule is Cc1cccc(Cn2c(N)nc3cccnc32)c1. The first kappa shape index (κ1) is 10.8. The zero-order valence-corrected chi connectivity index (χ0v) is 10.2. The molecule has 0 saturated heterocycles. The van der Waals surface area contributed by atoms with E-state index in [1.807, 2.05) is 22.8 Å². The number of pyridine rings is 1. The Labute approximate surface area is 105 Å². The van der Waals surface area contributed by atoms with Gasteiger partial charge in [0.1, 0.15) is 5.52 Å². The van der Waals surface area contributed by atoms with E-state index in [2.05, 4.69) is 35.1 Å². The molecular weight excluding hydrogens is 224 g/mol. The summed E-state index contributed by atoms with van der Waals surface area (Å²) in [4.78, 5) is 8.65. The van der Waals surface area contributed by atoms with E-state index in [1.54, 1.807) is 6.20 Å². The lowest BCUT2D eigenvalue weighted by atomic mass is 10.1. The highest BCUT2D eigenvalue weighted by Gasteiger charge is 2.08. The van der Waals surface area contributed by atoms with Crippen molar-refractivity contribution in [3.63, 3.8) is 0 Å². The molecule has 2 aromatic heterocycles. The second kappa shape index (κ2) is 4.14. The molecule has 4 nitrogen and oxygen atoms in total. The van der Waals surface area contributed by atoms with Crippen LogP contribution in [0.3, 0.4) is 0 Å². The fourth-order valence-electron chi connectivity index (χ4n) is 2.12. The fraction of sp³-hybridized carbons (Fsp3) is 0.143. The van der Waals surface area contributed by atoms with Crippen molar-refractivity contribution < 1.29 is 0 Å². The number of aromatic nitrogens is 3. The number of aryl methyl sites for hydroxylation is 1. The summed E-state index contributed by atoms with van der Waals surface area (Å²) in [6.45, 7) is 2.78. The van der Waals surface area contributed by atoms with Gasteiger partial charge in [-0.2, -0.15) is 0 Å². The van der Waals surface area contributed by atoms with Gasteiger partial charge in [0, 0.05) is 6.20 Å². The van der Waals surface area contributed by atoms with E-state index in [4.69, 9.17) is 5.73 Å². The summed E-state index contributed by atoms with van der Waals surface area (Å²) in [5.41, 5.74) is 10.1. The normalized spacial score (nSPS) is 10.9. The monoisotopic (exact) mass is 238 g/mol. The number of nitrogens with zero attached hydrogens (tertiary/aromatic N) is 3. The summed E-state index contributed by atoms with van der Waals surface area (Å²) in [6.07, 6.45) is 1.76. The molecule has 0 unspecified atom stereocenters. The number of fused-ring (bicyclic) bond motifs is 1. The molecule has 0 fully saturated rings. The third kappa shape index (κ3) is 1.82. The molecule has 0 atom stereocenters. The van der Waals surface area contributed by atoms with Crippen LogP contribution in [0.25, 0.3) is 11.2 Å². The molecular formula is C14H14N4. The van der Waals surface area contributed by atoms with Gasteiger partial charge in [-0.3, -0.25) is 4.57 Å². The lowest BCUT2D eigenvalue weighted by Crippen LogP contribution is -2.05. The highest BCUT2D eigenvalue weighted by molar-refractivity contribution is 5.73. The molecule has 4 heteroatoms. The molecule has 3 aromatic rings. The summed E-state index contributed by atoms with van der Waals surface area (Å²) in [5, 5.41) is 0. The second-order valence-electron chi connectivity index (χ2n) is 4.39. The van der Waals surface area contributed by atoms with E-state index in [1.165, 1.54) is 11.1 Å². The zero-order chi connectivity index (χ0) is 12.5. The van der Waals surface area contributed by atoms with Gasteiger partial charge in [0.25, 0.3) is 0 Å². The Morgan fingerprint density at radius 3 is 2.94 bits per heavy atom. The lowest BCUT2D eigenvalue weighted by Gasteiger charge is -2.06. The molecule has 0 spiro atoms. The molecule has 18 heavy (non-hydrogen) atoms. The maximum absolute atomic E-state index is 5.95. The molecule has 0 aliphatic carbocycles. The standard InChI is InChI=1S/C14H14N4/c1-10-4-2-5-11(8-10)9-18-13-12(17-14(18)15)6-3-7-16-13/h2-8H,9H2,1H3,(H2,15,17). The summed E-state index contributed by atoms with van der Waals surface area (Å²) >= 11 is 0. The number of anilines is 1. The third-order valence-corrected chi connectivity index (χ3v) is 2.96. The van der Waals surface area contributed by atoms with Crippen LogP contribution >= 0.6 is 0 Å². The van der Waals surface area contributed by atoms with Gasteiger partial charge in [0.15, 0.2) is 5.65 Å². The average molecular weight is 238 g/mol. The van der Waals surface area contributed by atoms with Crippen LogP contribution in [-0.4, -0.2) is 14.5 Å². The van der Waals surface area contributed by atoms with Crippen LogP contribution in [0.4, 0.5) is 5.95 Å². The first-order valence-corrected chi connectivity index (χ1v) is 5.86. The van der Waals surface area contributed by atoms with E-state index < -0.39 is 0 Å². The summed E-state index contributed by atoms with van der Waals surface area (Å²) in [7, 11) is 0. The molecule has 0 aliphatic rings. The van der Waals surface area contributed by atoms with Crippen LogP contribution in [0.5, 0.6) is 0 Å². The van der Waals surface area contributed by atoms with Gasteiger partial charge in [-0.15, -0.1) is 0 Å². The van der Waals surface area contributed by atoms with E-state index in [0.717, 1.165) is 11.2 Å². The maximum Gasteiger partial charge on any atom is 0.202 e. The predicted octanol–water partition coefficient (Wildman–Crippen LogP) is 2.37. The highest BCUT2D eigenvalue weighted by atomic mass is 15.2. The molecule has 3 rings (SSSR count). The van der Waals surface area contributed by atoms with Crippen LogP contribution < -0.4 is 5.73 Å². The Morgan fingerprint density at radius 1 is 1.22 bits per heavy atom. The summed E-state index contributed by atoms with van der Waals surface area (Å²) in [6, 6.07) is 12.1. The van der Waals surface area contributed by atoms with Gasteiger partial charge in [0.2, 0.25) is 5.95 Å². The topological polar surface area (TPSA) is 56.7 Å². The Morgan fingerprint density at radius 2 is 2.11 bits per heavy atom. The van der Waals surface area contributed by atoms with Crippen molar-refractivity contribution in [2.24, 2.45) is 0 Å². The largest absolute Gasteiger partial charge is 0.369 e. The van der Waals surface area contributed by atoms with E-state index >= 15 is 0 Å². The molecule has 0 saturated carbocycles. The Bertz CT molecular complexity index is 700. The third-order valence-electron chi connectivity index (χ3n) is 2.96. The molecule has 2 heterocycles. The van der Waals surface area contributed by atoms with Crippen LogP contribution in [0.2, 0.25) is 0 Å². The minimum Gasteiger partial charge on any atom is -0.369 e. The summed E-state index contributed by atoms with van der Waals surface area (Å²) < 4.78 is 1.93. The number of imidazole rings is 1. The molecule has 0 bridgehead atoms. The van der Waals surface area contributed by atoms with Gasteiger partial charge < -0.3 is 5.73 Å². The number of hydrogen-bond donors (Lipinski definition) is 1. The zero-order valence-electron chi connectivity index (χ0n) is 10.2. The van der Waals surface area contributed by atoms with Gasteiger partial charge in [-0.25, -0.2) is 9.97 Å². The first-order valence-electron chi connectivity index (χ1n) is 5.86. The van der Waals surface area contributed by atoms with Crippen molar-refractivity contribution in [1.29, 1.82) is 0 Å². The van der Waals surface area contributed by atoms with Crippen LogP contribution in [-0.2, 0) is 6.54 Å². The lowest BCUT2D eigenvalue weighted by molar-refractivity contribution is 0.827. The number of nitrogens with two attached hydrogens (primary N) is 1. The Balaban J connectivity index is 2.07. The predicted molar refractivity (Wildman–Crippen MR) is 72.2 cm³/mol. The van der Waals surface area contributed by atoms with Crippen molar-refractivity contribution in [1.82, 2.24) is 14.5 Å². The number of hydrogen-bond acceptors (Lipinski definition) is 3. The van der Waals surface area contributed by atoms with E-state index in [0.29, 0.717) is 12.5 Å². The summed E-state index contributed by atoms with van der Waals surface area (Å²) in [5.74, 6) is 0.505. The molecule has 1 aromatic carbocycles. The van der Waals surface area contributed by atoms with Crippen molar-refractivity contribution in [3.05, 3.63) is 53.7 Å². The molecule has 0 amide bonds. The Hall–Kier alpha value is -2.36. The molecule has 0 aliphatic heterocycles. The highest BCUT2D eigenvalue weighted by Crippen LogP contribution is 2.17. The van der Waals surface area contributed by atoms with Gasteiger partial charge in [-0.1, -0.05) is 29.8 Å². The molecule has 90 valence electrons. The quantitative estimate of drug-likeness (QED) is 0.745. The van der Waals surface area contributed by atoms with E-state index in [9.17, 15) is 0 Å². The van der Waals surface area contributed by atoms with E-state index in [-0.39, 0.29) is 0 Å². The fourth-order valence-corrected chi connectivity index (χ4v) is 2.12. The average Bonchev–Trinajstić information content (AvgIpc) is 2.66. The maximum atomic E-state index is 5.95. The van der Waals surface area contributed by atoms with Crippen molar-refractivity contribution in [2.45, 2.75) is 13.5 Å².